The SMILES string of the molecule is Cc1ccc(NC(=O)COC(=O)C2CC(=O)N(c3cccc(C)c3C)C2)c(Br)c1. The van der Waals surface area contributed by atoms with Gasteiger partial charge < -0.3 is 15.0 Å². The number of benzene rings is 2. The number of aryl methyl sites for hydroxylation is 2. The van der Waals surface area contributed by atoms with Crippen LogP contribution in [0.4, 0.5) is 11.4 Å². The third kappa shape index (κ3) is 4.85. The molecule has 0 aromatic heterocycles. The number of carbonyl (C=O) groups excluding carboxylic acids is 3. The molecule has 29 heavy (non-hydrogen) atoms. The number of carbonyl (C=O) groups is 3. The zero-order valence-electron chi connectivity index (χ0n) is 16.6. The topological polar surface area (TPSA) is 75.7 Å². The molecule has 152 valence electrons. The van der Waals surface area contributed by atoms with E-state index in [1.54, 1.807) is 11.0 Å². The Bertz CT molecular complexity index is 973. The molecule has 1 heterocycles. The highest BCUT2D eigenvalue weighted by molar-refractivity contribution is 9.10. The molecule has 1 aliphatic rings. The second-order valence-corrected chi connectivity index (χ2v) is 8.12. The van der Waals surface area contributed by atoms with Gasteiger partial charge in [0.15, 0.2) is 6.61 Å². The Balaban J connectivity index is 1.56. The van der Waals surface area contributed by atoms with Crippen molar-refractivity contribution < 1.29 is 19.1 Å². The smallest absolute Gasteiger partial charge is 0.311 e. The summed E-state index contributed by atoms with van der Waals surface area (Å²) in [6, 6.07) is 11.3. The molecule has 0 saturated carbocycles. The van der Waals surface area contributed by atoms with Gasteiger partial charge in [0.05, 0.1) is 11.6 Å². The molecule has 0 spiro atoms. The first-order chi connectivity index (χ1) is 13.8. The number of rotatable bonds is 5. The van der Waals surface area contributed by atoms with Crippen molar-refractivity contribution in [3.63, 3.8) is 0 Å². The van der Waals surface area contributed by atoms with Crippen molar-refractivity contribution in [1.29, 1.82) is 0 Å². The molecule has 7 heteroatoms. The van der Waals surface area contributed by atoms with Crippen LogP contribution in [-0.4, -0.2) is 30.9 Å². The fraction of sp³-hybridized carbons (Fsp3) is 0.318. The summed E-state index contributed by atoms with van der Waals surface area (Å²) in [5, 5.41) is 2.70. The Kier molecular flexibility index (Phi) is 6.37. The molecule has 0 bridgehead atoms. The first-order valence-electron chi connectivity index (χ1n) is 9.35. The van der Waals surface area contributed by atoms with E-state index in [1.807, 2.05) is 51.1 Å². The van der Waals surface area contributed by atoms with Crippen molar-refractivity contribution >= 4 is 45.1 Å². The van der Waals surface area contributed by atoms with Crippen LogP contribution in [0.5, 0.6) is 0 Å². The van der Waals surface area contributed by atoms with Crippen LogP contribution < -0.4 is 10.2 Å². The number of hydrogen-bond acceptors (Lipinski definition) is 4. The predicted molar refractivity (Wildman–Crippen MR) is 115 cm³/mol. The molecule has 2 aromatic carbocycles. The summed E-state index contributed by atoms with van der Waals surface area (Å²) in [6.45, 7) is 5.75. The first kappa shape index (κ1) is 21.0. The molecule has 1 unspecified atom stereocenters. The van der Waals surface area contributed by atoms with Crippen LogP contribution >= 0.6 is 15.9 Å². The number of anilines is 2. The van der Waals surface area contributed by atoms with Crippen LogP contribution in [0.2, 0.25) is 0 Å². The quantitative estimate of drug-likeness (QED) is 0.689. The Labute approximate surface area is 178 Å². The van der Waals surface area contributed by atoms with Gasteiger partial charge in [0.25, 0.3) is 5.91 Å². The molecule has 2 amide bonds. The third-order valence-electron chi connectivity index (χ3n) is 5.07. The number of halogens is 1. The van der Waals surface area contributed by atoms with Gasteiger partial charge in [-0.05, 0) is 71.6 Å². The van der Waals surface area contributed by atoms with Crippen molar-refractivity contribution in [3.05, 3.63) is 57.6 Å². The summed E-state index contributed by atoms with van der Waals surface area (Å²) in [6.07, 6.45) is 0.0807. The second kappa shape index (κ2) is 8.78. The van der Waals surface area contributed by atoms with Crippen molar-refractivity contribution in [3.8, 4) is 0 Å². The molecular formula is C22H23BrN2O4. The molecule has 3 rings (SSSR count). The van der Waals surface area contributed by atoms with Crippen LogP contribution in [0.3, 0.4) is 0 Å². The molecule has 0 radical (unpaired) electrons. The molecule has 1 aliphatic heterocycles. The van der Waals surface area contributed by atoms with E-state index in [0.717, 1.165) is 26.9 Å². The molecule has 2 aromatic rings. The van der Waals surface area contributed by atoms with E-state index in [-0.39, 0.29) is 18.9 Å². The Morgan fingerprint density at radius 1 is 1.21 bits per heavy atom. The fourth-order valence-corrected chi connectivity index (χ4v) is 3.88. The van der Waals surface area contributed by atoms with Gasteiger partial charge in [0, 0.05) is 23.1 Å². The van der Waals surface area contributed by atoms with Gasteiger partial charge in [-0.1, -0.05) is 18.2 Å². The molecule has 1 atom stereocenters. The maximum absolute atomic E-state index is 12.4. The van der Waals surface area contributed by atoms with E-state index in [9.17, 15) is 14.4 Å². The van der Waals surface area contributed by atoms with Crippen molar-refractivity contribution in [2.24, 2.45) is 5.92 Å². The van der Waals surface area contributed by atoms with Gasteiger partial charge in [-0.3, -0.25) is 14.4 Å². The summed E-state index contributed by atoms with van der Waals surface area (Å²) in [4.78, 5) is 38.6. The summed E-state index contributed by atoms with van der Waals surface area (Å²) < 4.78 is 5.92. The van der Waals surface area contributed by atoms with Crippen LogP contribution in [0.25, 0.3) is 0 Å². The first-order valence-corrected chi connectivity index (χ1v) is 10.1. The number of amides is 2. The van der Waals surface area contributed by atoms with E-state index in [1.165, 1.54) is 0 Å². The van der Waals surface area contributed by atoms with E-state index in [0.29, 0.717) is 5.69 Å². The van der Waals surface area contributed by atoms with Gasteiger partial charge in [0.1, 0.15) is 0 Å². The molecule has 1 fully saturated rings. The third-order valence-corrected chi connectivity index (χ3v) is 5.73. The minimum Gasteiger partial charge on any atom is -0.455 e. The number of hydrogen-bond donors (Lipinski definition) is 1. The van der Waals surface area contributed by atoms with Crippen molar-refractivity contribution in [2.45, 2.75) is 27.2 Å². The minimum absolute atomic E-state index is 0.0807. The standard InChI is InChI=1S/C22H23BrN2O4/c1-13-7-8-18(17(23)9-13)24-20(26)12-29-22(28)16-10-21(27)25(11-16)19-6-4-5-14(2)15(19)3/h4-9,16H,10-12H2,1-3H3,(H,24,26). The highest BCUT2D eigenvalue weighted by Gasteiger charge is 2.37. The summed E-state index contributed by atoms with van der Waals surface area (Å²) in [5.74, 6) is -1.67. The molecule has 0 aliphatic carbocycles. The highest BCUT2D eigenvalue weighted by Crippen LogP contribution is 2.30. The lowest BCUT2D eigenvalue weighted by Crippen LogP contribution is -2.28. The second-order valence-electron chi connectivity index (χ2n) is 7.26. The Morgan fingerprint density at radius 3 is 2.69 bits per heavy atom. The summed E-state index contributed by atoms with van der Waals surface area (Å²) in [5.41, 5.74) is 4.57. The summed E-state index contributed by atoms with van der Waals surface area (Å²) in [7, 11) is 0. The lowest BCUT2D eigenvalue weighted by Gasteiger charge is -2.20. The Morgan fingerprint density at radius 2 is 1.97 bits per heavy atom. The number of nitrogens with zero attached hydrogens (tertiary/aromatic N) is 1. The predicted octanol–water partition coefficient (Wildman–Crippen LogP) is 3.91. The summed E-state index contributed by atoms with van der Waals surface area (Å²) >= 11 is 3.39. The highest BCUT2D eigenvalue weighted by atomic mass is 79.9. The van der Waals surface area contributed by atoms with Crippen LogP contribution in [-0.2, 0) is 19.1 Å². The molecule has 1 saturated heterocycles. The van der Waals surface area contributed by atoms with Crippen molar-refractivity contribution in [2.75, 3.05) is 23.4 Å². The van der Waals surface area contributed by atoms with Crippen LogP contribution in [0.15, 0.2) is 40.9 Å². The maximum atomic E-state index is 12.4. The van der Waals surface area contributed by atoms with Crippen molar-refractivity contribution in [1.82, 2.24) is 0 Å². The maximum Gasteiger partial charge on any atom is 0.311 e. The van der Waals surface area contributed by atoms with Gasteiger partial charge in [0.2, 0.25) is 5.91 Å². The largest absolute Gasteiger partial charge is 0.455 e. The van der Waals surface area contributed by atoms with E-state index in [2.05, 4.69) is 21.2 Å². The lowest BCUT2D eigenvalue weighted by molar-refractivity contribution is -0.151. The van der Waals surface area contributed by atoms with Gasteiger partial charge in [-0.2, -0.15) is 0 Å². The van der Waals surface area contributed by atoms with E-state index >= 15 is 0 Å². The number of esters is 1. The molecule has 6 nitrogen and oxygen atoms in total. The van der Waals surface area contributed by atoms with Gasteiger partial charge >= 0.3 is 5.97 Å². The number of ether oxygens (including phenoxy) is 1. The monoisotopic (exact) mass is 458 g/mol. The van der Waals surface area contributed by atoms with E-state index in [4.69, 9.17) is 4.74 Å². The molecule has 1 N–H and O–H groups in total. The molecular weight excluding hydrogens is 436 g/mol. The van der Waals surface area contributed by atoms with Gasteiger partial charge in [-0.25, -0.2) is 0 Å². The van der Waals surface area contributed by atoms with Crippen LogP contribution in [0, 0.1) is 26.7 Å². The zero-order chi connectivity index (χ0) is 21.1. The number of nitrogens with one attached hydrogen (secondary N) is 1. The minimum atomic E-state index is -0.582. The average Bonchev–Trinajstić information content (AvgIpc) is 3.06. The van der Waals surface area contributed by atoms with E-state index < -0.39 is 24.4 Å². The van der Waals surface area contributed by atoms with Gasteiger partial charge in [-0.15, -0.1) is 0 Å². The average molecular weight is 459 g/mol. The van der Waals surface area contributed by atoms with Crippen LogP contribution in [0.1, 0.15) is 23.1 Å². The fourth-order valence-electron chi connectivity index (χ4n) is 3.29. The lowest BCUT2D eigenvalue weighted by atomic mass is 10.1. The zero-order valence-corrected chi connectivity index (χ0v) is 18.2. The Hall–Kier alpha value is -2.67. The normalized spacial score (nSPS) is 16.1.